The molecule has 4 unspecified atom stereocenters. The van der Waals surface area contributed by atoms with Crippen molar-refractivity contribution in [3.63, 3.8) is 0 Å². The number of hydrogen-bond donors (Lipinski definition) is 1. The fraction of sp³-hybridized carbons (Fsp3) is 0.684. The molecule has 0 heterocycles. The van der Waals surface area contributed by atoms with E-state index in [1.54, 1.807) is 0 Å². The molecule has 0 amide bonds. The summed E-state index contributed by atoms with van der Waals surface area (Å²) in [5.41, 5.74) is 1.35. The second-order valence-electron chi connectivity index (χ2n) is 6.70. The fourth-order valence-corrected chi connectivity index (χ4v) is 3.55. The van der Waals surface area contributed by atoms with Crippen LogP contribution in [0.2, 0.25) is 0 Å². The SMILES string of the molecule is CCCNC1CC(C)CC(C)C1Oc1cccc(CC)c1. The first-order chi connectivity index (χ1) is 10.1. The minimum absolute atomic E-state index is 0.292. The van der Waals surface area contributed by atoms with Crippen molar-refractivity contribution < 1.29 is 4.74 Å². The molecule has 21 heavy (non-hydrogen) atoms. The number of nitrogens with one attached hydrogen (secondary N) is 1. The van der Waals surface area contributed by atoms with E-state index in [4.69, 9.17) is 4.74 Å². The van der Waals surface area contributed by atoms with Crippen LogP contribution in [-0.2, 0) is 6.42 Å². The molecule has 1 saturated carbocycles. The lowest BCUT2D eigenvalue weighted by Gasteiger charge is -2.40. The molecule has 0 aromatic heterocycles. The van der Waals surface area contributed by atoms with E-state index in [0.717, 1.165) is 24.6 Å². The Morgan fingerprint density at radius 3 is 2.71 bits per heavy atom. The lowest BCUT2D eigenvalue weighted by Crippen LogP contribution is -2.51. The number of rotatable bonds is 6. The van der Waals surface area contributed by atoms with E-state index in [1.807, 2.05) is 0 Å². The summed E-state index contributed by atoms with van der Waals surface area (Å²) in [4.78, 5) is 0. The molecule has 2 heteroatoms. The average Bonchev–Trinajstić information content (AvgIpc) is 2.48. The van der Waals surface area contributed by atoms with Crippen LogP contribution >= 0.6 is 0 Å². The first kappa shape index (κ1) is 16.4. The van der Waals surface area contributed by atoms with Gasteiger partial charge in [-0.05, 0) is 61.8 Å². The molecule has 2 nitrogen and oxygen atoms in total. The van der Waals surface area contributed by atoms with Gasteiger partial charge in [0.05, 0.1) is 0 Å². The van der Waals surface area contributed by atoms with Gasteiger partial charge in [-0.3, -0.25) is 0 Å². The molecule has 0 bridgehead atoms. The highest BCUT2D eigenvalue weighted by Gasteiger charge is 2.35. The van der Waals surface area contributed by atoms with E-state index in [2.05, 4.69) is 57.3 Å². The monoisotopic (exact) mass is 289 g/mol. The van der Waals surface area contributed by atoms with Crippen LogP contribution in [0.3, 0.4) is 0 Å². The van der Waals surface area contributed by atoms with E-state index in [9.17, 15) is 0 Å². The van der Waals surface area contributed by atoms with Crippen LogP contribution in [0.4, 0.5) is 0 Å². The van der Waals surface area contributed by atoms with Crippen molar-refractivity contribution in [2.75, 3.05) is 6.54 Å². The van der Waals surface area contributed by atoms with Crippen molar-refractivity contribution in [2.45, 2.75) is 65.5 Å². The highest BCUT2D eigenvalue weighted by atomic mass is 16.5. The Hall–Kier alpha value is -1.02. The quantitative estimate of drug-likeness (QED) is 0.836. The molecular formula is C19H31NO. The topological polar surface area (TPSA) is 21.3 Å². The lowest BCUT2D eigenvalue weighted by molar-refractivity contribution is 0.0477. The average molecular weight is 289 g/mol. The molecule has 4 atom stereocenters. The van der Waals surface area contributed by atoms with Crippen LogP contribution in [0.5, 0.6) is 5.75 Å². The third-order valence-electron chi connectivity index (χ3n) is 4.62. The predicted molar refractivity (Wildman–Crippen MR) is 89.9 cm³/mol. The maximum atomic E-state index is 6.41. The molecular weight excluding hydrogens is 258 g/mol. The van der Waals surface area contributed by atoms with E-state index in [1.165, 1.54) is 24.8 Å². The highest BCUT2D eigenvalue weighted by molar-refractivity contribution is 5.28. The molecule has 0 spiro atoms. The number of aryl methyl sites for hydroxylation is 1. The Bertz CT molecular complexity index is 431. The van der Waals surface area contributed by atoms with Crippen LogP contribution in [0.1, 0.15) is 52.5 Å². The normalized spacial score (nSPS) is 29.3. The van der Waals surface area contributed by atoms with Crippen LogP contribution in [0.25, 0.3) is 0 Å². The highest BCUT2D eigenvalue weighted by Crippen LogP contribution is 2.32. The zero-order chi connectivity index (χ0) is 15.2. The fourth-order valence-electron chi connectivity index (χ4n) is 3.55. The van der Waals surface area contributed by atoms with Gasteiger partial charge < -0.3 is 10.1 Å². The van der Waals surface area contributed by atoms with Crippen molar-refractivity contribution in [3.8, 4) is 5.75 Å². The minimum atomic E-state index is 0.292. The summed E-state index contributed by atoms with van der Waals surface area (Å²) < 4.78 is 6.41. The number of hydrogen-bond acceptors (Lipinski definition) is 2. The summed E-state index contributed by atoms with van der Waals surface area (Å²) in [5, 5.41) is 3.71. The van der Waals surface area contributed by atoms with Crippen LogP contribution < -0.4 is 10.1 Å². The van der Waals surface area contributed by atoms with E-state index >= 15 is 0 Å². The van der Waals surface area contributed by atoms with E-state index in [0.29, 0.717) is 18.1 Å². The van der Waals surface area contributed by atoms with Crippen molar-refractivity contribution in [2.24, 2.45) is 11.8 Å². The Morgan fingerprint density at radius 2 is 2.00 bits per heavy atom. The third-order valence-corrected chi connectivity index (χ3v) is 4.62. The molecule has 1 aromatic carbocycles. The number of benzene rings is 1. The Balaban J connectivity index is 2.08. The van der Waals surface area contributed by atoms with Crippen LogP contribution in [-0.4, -0.2) is 18.7 Å². The van der Waals surface area contributed by atoms with Gasteiger partial charge in [0.15, 0.2) is 0 Å². The summed E-state index contributed by atoms with van der Waals surface area (Å²) >= 11 is 0. The molecule has 0 radical (unpaired) electrons. The third kappa shape index (κ3) is 4.47. The second kappa shape index (κ2) is 7.84. The van der Waals surface area contributed by atoms with Crippen molar-refractivity contribution in [1.82, 2.24) is 5.32 Å². The molecule has 2 rings (SSSR count). The van der Waals surface area contributed by atoms with Gasteiger partial charge in [0.1, 0.15) is 11.9 Å². The Morgan fingerprint density at radius 1 is 1.19 bits per heavy atom. The van der Waals surface area contributed by atoms with Gasteiger partial charge in [-0.25, -0.2) is 0 Å². The molecule has 118 valence electrons. The van der Waals surface area contributed by atoms with Gasteiger partial charge in [0.2, 0.25) is 0 Å². The van der Waals surface area contributed by atoms with Crippen molar-refractivity contribution >= 4 is 0 Å². The molecule has 1 fully saturated rings. The van der Waals surface area contributed by atoms with Crippen LogP contribution in [0.15, 0.2) is 24.3 Å². The van der Waals surface area contributed by atoms with Gasteiger partial charge in [-0.15, -0.1) is 0 Å². The Kier molecular flexibility index (Phi) is 6.10. The van der Waals surface area contributed by atoms with Crippen molar-refractivity contribution in [3.05, 3.63) is 29.8 Å². The molecule has 1 aliphatic carbocycles. The van der Waals surface area contributed by atoms with Gasteiger partial charge in [-0.2, -0.15) is 0 Å². The van der Waals surface area contributed by atoms with E-state index in [-0.39, 0.29) is 0 Å². The largest absolute Gasteiger partial charge is 0.489 e. The van der Waals surface area contributed by atoms with Gasteiger partial charge in [-0.1, -0.05) is 39.8 Å². The summed E-state index contributed by atoms with van der Waals surface area (Å²) in [6.45, 7) is 10.2. The summed E-state index contributed by atoms with van der Waals surface area (Å²) in [5.74, 6) is 2.42. The summed E-state index contributed by atoms with van der Waals surface area (Å²) in [6.07, 6.45) is 5.02. The molecule has 0 saturated heterocycles. The van der Waals surface area contributed by atoms with Crippen LogP contribution in [0, 0.1) is 11.8 Å². The summed E-state index contributed by atoms with van der Waals surface area (Å²) in [7, 11) is 0. The van der Waals surface area contributed by atoms with Crippen molar-refractivity contribution in [1.29, 1.82) is 0 Å². The maximum absolute atomic E-state index is 6.41. The first-order valence-corrected chi connectivity index (χ1v) is 8.63. The zero-order valence-corrected chi connectivity index (χ0v) is 14.1. The lowest BCUT2D eigenvalue weighted by atomic mass is 9.78. The Labute approximate surface area is 130 Å². The first-order valence-electron chi connectivity index (χ1n) is 8.63. The summed E-state index contributed by atoms with van der Waals surface area (Å²) in [6, 6.07) is 9.06. The molecule has 1 aliphatic rings. The molecule has 1 N–H and O–H groups in total. The molecule has 0 aliphatic heterocycles. The standard InChI is InChI=1S/C19H31NO/c1-5-10-20-18-12-14(3)11-15(4)19(18)21-17-9-7-8-16(6-2)13-17/h7-9,13-15,18-20H,5-6,10-12H2,1-4H3. The second-order valence-corrected chi connectivity index (χ2v) is 6.70. The molecule has 1 aromatic rings. The van der Waals surface area contributed by atoms with Gasteiger partial charge >= 0.3 is 0 Å². The minimum Gasteiger partial charge on any atom is -0.489 e. The maximum Gasteiger partial charge on any atom is 0.120 e. The smallest absolute Gasteiger partial charge is 0.120 e. The predicted octanol–water partition coefficient (Wildman–Crippen LogP) is 4.43. The van der Waals surface area contributed by atoms with E-state index < -0.39 is 0 Å². The zero-order valence-electron chi connectivity index (χ0n) is 14.1. The van der Waals surface area contributed by atoms with Gasteiger partial charge in [0, 0.05) is 6.04 Å². The van der Waals surface area contributed by atoms with Gasteiger partial charge in [0.25, 0.3) is 0 Å². The number of ether oxygens (including phenoxy) is 1.